The van der Waals surface area contributed by atoms with E-state index in [1.165, 1.54) is 7.11 Å². The first-order valence-corrected chi connectivity index (χ1v) is 7.21. The van der Waals surface area contributed by atoms with E-state index >= 15 is 0 Å². The van der Waals surface area contributed by atoms with E-state index in [1.54, 1.807) is 6.92 Å². The van der Waals surface area contributed by atoms with Gasteiger partial charge in [0.2, 0.25) is 0 Å². The van der Waals surface area contributed by atoms with Crippen molar-refractivity contribution >= 4 is 17.9 Å². The van der Waals surface area contributed by atoms with Crippen molar-refractivity contribution in [3.63, 3.8) is 0 Å². The van der Waals surface area contributed by atoms with Crippen LogP contribution >= 0.6 is 0 Å². The lowest BCUT2D eigenvalue weighted by atomic mass is 10.1. The molecule has 0 aliphatic carbocycles. The molecule has 8 heteroatoms. The zero-order chi connectivity index (χ0) is 17.0. The van der Waals surface area contributed by atoms with Crippen molar-refractivity contribution in [2.45, 2.75) is 33.3 Å². The van der Waals surface area contributed by atoms with Crippen LogP contribution in [-0.2, 0) is 23.8 Å². The number of methoxy groups -OCH3 is 1. The average Bonchev–Trinajstić information content (AvgIpc) is 2.44. The van der Waals surface area contributed by atoms with E-state index in [0.29, 0.717) is 19.1 Å². The smallest absolute Gasteiger partial charge is 0.335 e. The van der Waals surface area contributed by atoms with Crippen LogP contribution in [0.4, 0.5) is 4.79 Å². The third-order valence-corrected chi connectivity index (χ3v) is 2.59. The standard InChI is InChI=1S/C14H26N2O6/c1-10(2)5-7-21-11(3)13(18)22-9-12(17)16-14(19)15-6-8-20-4/h10-11H,5-9H2,1-4H3,(H2,15,16,17,19). The number of ether oxygens (including phenoxy) is 3. The van der Waals surface area contributed by atoms with E-state index in [9.17, 15) is 14.4 Å². The maximum absolute atomic E-state index is 11.6. The molecule has 0 aromatic carbocycles. The van der Waals surface area contributed by atoms with Gasteiger partial charge in [-0.1, -0.05) is 13.8 Å². The molecule has 1 atom stereocenters. The Labute approximate surface area is 130 Å². The molecule has 22 heavy (non-hydrogen) atoms. The summed E-state index contributed by atoms with van der Waals surface area (Å²) < 4.78 is 14.8. The minimum atomic E-state index is -0.748. The highest BCUT2D eigenvalue weighted by Crippen LogP contribution is 2.02. The number of imide groups is 1. The number of rotatable bonds is 10. The van der Waals surface area contributed by atoms with Crippen LogP contribution in [0.3, 0.4) is 0 Å². The van der Waals surface area contributed by atoms with Gasteiger partial charge in [-0.05, 0) is 19.3 Å². The molecule has 0 saturated heterocycles. The SMILES string of the molecule is COCCNC(=O)NC(=O)COC(=O)C(C)OCCC(C)C. The second-order valence-corrected chi connectivity index (χ2v) is 5.10. The van der Waals surface area contributed by atoms with Gasteiger partial charge in [-0.3, -0.25) is 10.1 Å². The molecule has 0 bridgehead atoms. The summed E-state index contributed by atoms with van der Waals surface area (Å²) in [5.74, 6) is -0.873. The molecule has 0 aromatic rings. The molecule has 0 radical (unpaired) electrons. The Kier molecular flexibility index (Phi) is 11.0. The van der Waals surface area contributed by atoms with Crippen LogP contribution < -0.4 is 10.6 Å². The van der Waals surface area contributed by atoms with Crippen LogP contribution in [0.5, 0.6) is 0 Å². The average molecular weight is 318 g/mol. The molecule has 3 amide bonds. The topological polar surface area (TPSA) is 103 Å². The number of hydrogen-bond donors (Lipinski definition) is 2. The molecule has 0 fully saturated rings. The minimum Gasteiger partial charge on any atom is -0.454 e. The van der Waals surface area contributed by atoms with Gasteiger partial charge >= 0.3 is 12.0 Å². The summed E-state index contributed by atoms with van der Waals surface area (Å²) in [4.78, 5) is 34.2. The van der Waals surface area contributed by atoms with Gasteiger partial charge < -0.3 is 19.5 Å². The second-order valence-electron chi connectivity index (χ2n) is 5.10. The first-order chi connectivity index (χ1) is 10.4. The fourth-order valence-electron chi connectivity index (χ4n) is 1.28. The van der Waals surface area contributed by atoms with Crippen molar-refractivity contribution in [1.82, 2.24) is 10.6 Å². The summed E-state index contributed by atoms with van der Waals surface area (Å²) in [6, 6.07) is -0.667. The summed E-state index contributed by atoms with van der Waals surface area (Å²) in [7, 11) is 1.49. The van der Waals surface area contributed by atoms with Gasteiger partial charge in [0, 0.05) is 20.3 Å². The quantitative estimate of drug-likeness (QED) is 0.448. The Morgan fingerprint density at radius 3 is 2.36 bits per heavy atom. The molecular formula is C14H26N2O6. The van der Waals surface area contributed by atoms with E-state index in [0.717, 1.165) is 6.42 Å². The first-order valence-electron chi connectivity index (χ1n) is 7.21. The third-order valence-electron chi connectivity index (χ3n) is 2.59. The second kappa shape index (κ2) is 11.9. The van der Waals surface area contributed by atoms with Crippen LogP contribution in [0.2, 0.25) is 0 Å². The van der Waals surface area contributed by atoms with Crippen molar-refractivity contribution in [2.75, 3.05) is 33.5 Å². The van der Waals surface area contributed by atoms with Gasteiger partial charge in [0.1, 0.15) is 0 Å². The van der Waals surface area contributed by atoms with Gasteiger partial charge in [0.15, 0.2) is 12.7 Å². The van der Waals surface area contributed by atoms with Gasteiger partial charge in [-0.15, -0.1) is 0 Å². The highest BCUT2D eigenvalue weighted by atomic mass is 16.6. The number of esters is 1. The fourth-order valence-corrected chi connectivity index (χ4v) is 1.28. The summed E-state index contributed by atoms with van der Waals surface area (Å²) in [6.07, 6.45) is 0.0850. The Morgan fingerprint density at radius 1 is 1.09 bits per heavy atom. The van der Waals surface area contributed by atoms with E-state index < -0.39 is 30.6 Å². The largest absolute Gasteiger partial charge is 0.454 e. The first kappa shape index (κ1) is 20.3. The van der Waals surface area contributed by atoms with Crippen molar-refractivity contribution in [1.29, 1.82) is 0 Å². The molecule has 0 aliphatic rings. The molecule has 8 nitrogen and oxygen atoms in total. The van der Waals surface area contributed by atoms with Gasteiger partial charge in [0.25, 0.3) is 5.91 Å². The molecule has 0 aromatic heterocycles. The van der Waals surface area contributed by atoms with Crippen molar-refractivity contribution in [3.8, 4) is 0 Å². The Balaban J connectivity index is 3.83. The highest BCUT2D eigenvalue weighted by Gasteiger charge is 2.17. The zero-order valence-corrected chi connectivity index (χ0v) is 13.6. The number of urea groups is 1. The summed E-state index contributed by atoms with van der Waals surface area (Å²) >= 11 is 0. The lowest BCUT2D eigenvalue weighted by Crippen LogP contribution is -2.42. The number of amides is 3. The van der Waals surface area contributed by atoms with E-state index in [-0.39, 0.29) is 6.54 Å². The van der Waals surface area contributed by atoms with E-state index in [2.05, 4.69) is 5.32 Å². The predicted octanol–water partition coefficient (Wildman–Crippen LogP) is 0.453. The van der Waals surface area contributed by atoms with Crippen molar-refractivity contribution < 1.29 is 28.6 Å². The predicted molar refractivity (Wildman–Crippen MR) is 79.2 cm³/mol. The molecule has 1 unspecified atom stereocenters. The Bertz CT molecular complexity index is 359. The van der Waals surface area contributed by atoms with E-state index in [4.69, 9.17) is 14.2 Å². The van der Waals surface area contributed by atoms with Crippen LogP contribution in [0.1, 0.15) is 27.2 Å². The molecule has 0 saturated carbocycles. The molecule has 0 heterocycles. The molecule has 2 N–H and O–H groups in total. The van der Waals surface area contributed by atoms with Gasteiger partial charge in [-0.2, -0.15) is 0 Å². The number of carbonyl (C=O) groups excluding carboxylic acids is 3. The molecule has 128 valence electrons. The number of nitrogens with one attached hydrogen (secondary N) is 2. The van der Waals surface area contributed by atoms with Crippen LogP contribution in [0.25, 0.3) is 0 Å². The maximum Gasteiger partial charge on any atom is 0.335 e. The Hall–Kier alpha value is -1.67. The summed E-state index contributed by atoms with van der Waals surface area (Å²) in [5.41, 5.74) is 0. The molecule has 0 aliphatic heterocycles. The van der Waals surface area contributed by atoms with Crippen molar-refractivity contribution in [2.24, 2.45) is 5.92 Å². The van der Waals surface area contributed by atoms with Crippen LogP contribution in [0.15, 0.2) is 0 Å². The maximum atomic E-state index is 11.6. The molecule has 0 spiro atoms. The monoisotopic (exact) mass is 318 g/mol. The van der Waals surface area contributed by atoms with Crippen LogP contribution in [-0.4, -0.2) is 57.5 Å². The minimum absolute atomic E-state index is 0.274. The lowest BCUT2D eigenvalue weighted by molar-refractivity contribution is -0.159. The summed E-state index contributed by atoms with van der Waals surface area (Å²) in [6.45, 7) is 6.18. The zero-order valence-electron chi connectivity index (χ0n) is 13.6. The molecule has 0 rings (SSSR count). The highest BCUT2D eigenvalue weighted by molar-refractivity contribution is 5.95. The fraction of sp³-hybridized carbons (Fsp3) is 0.786. The van der Waals surface area contributed by atoms with Gasteiger partial charge in [0.05, 0.1) is 6.61 Å². The Morgan fingerprint density at radius 2 is 1.77 bits per heavy atom. The number of carbonyl (C=O) groups is 3. The van der Waals surface area contributed by atoms with Gasteiger partial charge in [-0.25, -0.2) is 9.59 Å². The van der Waals surface area contributed by atoms with Crippen LogP contribution in [0, 0.1) is 5.92 Å². The number of hydrogen-bond acceptors (Lipinski definition) is 6. The normalized spacial score (nSPS) is 11.9. The van der Waals surface area contributed by atoms with E-state index in [1.807, 2.05) is 19.2 Å². The lowest BCUT2D eigenvalue weighted by Gasteiger charge is -2.13. The summed E-state index contributed by atoms with van der Waals surface area (Å²) in [5, 5.41) is 4.43. The van der Waals surface area contributed by atoms with Crippen molar-refractivity contribution in [3.05, 3.63) is 0 Å². The third kappa shape index (κ3) is 11.0. The molecular weight excluding hydrogens is 292 g/mol.